The van der Waals surface area contributed by atoms with Crippen LogP contribution in [0.2, 0.25) is 18.1 Å². The maximum absolute atomic E-state index is 15.3. The molecular formula is C27H28F3OSi. The molecule has 3 aromatic carbocycles. The SMILES string of the molecule is COCCC[Si]1CCC(c2ccc(-c3ccccc3-c3ccc(F)c(F)c3)c(F)c2)CC1. The number of benzene rings is 3. The zero-order valence-corrected chi connectivity index (χ0v) is 19.3. The molecule has 32 heavy (non-hydrogen) atoms. The molecule has 1 nitrogen and oxygen atoms in total. The second-order valence-corrected chi connectivity index (χ2v) is 11.5. The van der Waals surface area contributed by atoms with Gasteiger partial charge in [0.25, 0.3) is 0 Å². The van der Waals surface area contributed by atoms with Crippen LogP contribution in [-0.4, -0.2) is 22.5 Å². The Hall–Kier alpha value is -2.37. The highest BCUT2D eigenvalue weighted by molar-refractivity contribution is 6.59. The van der Waals surface area contributed by atoms with Gasteiger partial charge in [0, 0.05) is 28.1 Å². The molecule has 167 valence electrons. The van der Waals surface area contributed by atoms with Crippen LogP contribution in [0.3, 0.4) is 0 Å². The summed E-state index contributed by atoms with van der Waals surface area (Å²) in [6.07, 6.45) is 3.41. The number of methoxy groups -OCH3 is 1. The molecule has 0 bridgehead atoms. The van der Waals surface area contributed by atoms with Gasteiger partial charge < -0.3 is 4.74 Å². The molecular weight excluding hydrogens is 425 g/mol. The summed E-state index contributed by atoms with van der Waals surface area (Å²) in [5, 5.41) is 0. The minimum atomic E-state index is -0.909. The zero-order valence-electron chi connectivity index (χ0n) is 18.3. The fraction of sp³-hybridized carbons (Fsp3) is 0.333. The standard InChI is InChI=1S/C27H28F3OSi/c1-31-13-4-14-32-15-11-19(12-16-32)20-7-9-24(26(29)17-20)23-6-3-2-5-22(23)21-8-10-25(28)27(30)18-21/h2-3,5-10,17-19H,4,11-16H2,1H3. The second-order valence-electron chi connectivity index (χ2n) is 8.53. The van der Waals surface area contributed by atoms with Crippen molar-refractivity contribution < 1.29 is 17.9 Å². The van der Waals surface area contributed by atoms with Crippen LogP contribution in [0.15, 0.2) is 60.7 Å². The van der Waals surface area contributed by atoms with Crippen LogP contribution in [0.4, 0.5) is 13.2 Å². The van der Waals surface area contributed by atoms with Crippen molar-refractivity contribution in [3.63, 3.8) is 0 Å². The maximum Gasteiger partial charge on any atom is 0.159 e. The van der Waals surface area contributed by atoms with Gasteiger partial charge in [-0.3, -0.25) is 0 Å². The predicted octanol–water partition coefficient (Wildman–Crippen LogP) is 7.85. The monoisotopic (exact) mass is 453 g/mol. The third-order valence-electron chi connectivity index (χ3n) is 6.48. The molecule has 1 fully saturated rings. The van der Waals surface area contributed by atoms with Gasteiger partial charge >= 0.3 is 0 Å². The fourth-order valence-corrected chi connectivity index (χ4v) is 7.62. The van der Waals surface area contributed by atoms with Gasteiger partial charge in [-0.25, -0.2) is 13.2 Å². The quantitative estimate of drug-likeness (QED) is 0.261. The summed E-state index contributed by atoms with van der Waals surface area (Å²) in [6.45, 7) is 0.844. The average molecular weight is 454 g/mol. The molecule has 0 aromatic heterocycles. The fourth-order valence-electron chi connectivity index (χ4n) is 4.71. The molecule has 1 heterocycles. The Labute approximate surface area is 189 Å². The lowest BCUT2D eigenvalue weighted by atomic mass is 9.89. The molecule has 0 amide bonds. The second kappa shape index (κ2) is 10.5. The van der Waals surface area contributed by atoms with Gasteiger partial charge in [-0.1, -0.05) is 60.6 Å². The van der Waals surface area contributed by atoms with Crippen molar-refractivity contribution in [1.82, 2.24) is 0 Å². The molecule has 0 atom stereocenters. The summed E-state index contributed by atoms with van der Waals surface area (Å²) in [4.78, 5) is 0. The van der Waals surface area contributed by atoms with E-state index in [9.17, 15) is 8.78 Å². The van der Waals surface area contributed by atoms with E-state index in [0.29, 0.717) is 28.2 Å². The minimum Gasteiger partial charge on any atom is -0.385 e. The van der Waals surface area contributed by atoms with Crippen LogP contribution in [0, 0.1) is 17.5 Å². The molecule has 1 radical (unpaired) electrons. The van der Waals surface area contributed by atoms with E-state index in [4.69, 9.17) is 4.74 Å². The van der Waals surface area contributed by atoms with Crippen molar-refractivity contribution in [3.05, 3.63) is 83.7 Å². The van der Waals surface area contributed by atoms with E-state index in [2.05, 4.69) is 0 Å². The topological polar surface area (TPSA) is 9.23 Å². The summed E-state index contributed by atoms with van der Waals surface area (Å²) in [5.74, 6) is -1.66. The van der Waals surface area contributed by atoms with Crippen LogP contribution < -0.4 is 0 Å². The Bertz CT molecular complexity index is 1060. The molecule has 0 saturated carbocycles. The molecule has 1 aliphatic rings. The summed E-state index contributed by atoms with van der Waals surface area (Å²) in [6, 6.07) is 20.5. The van der Waals surface area contributed by atoms with E-state index in [1.165, 1.54) is 24.2 Å². The van der Waals surface area contributed by atoms with Gasteiger partial charge in [-0.15, -0.1) is 0 Å². The Kier molecular flexibility index (Phi) is 7.48. The zero-order chi connectivity index (χ0) is 22.5. The Balaban J connectivity index is 1.53. The summed E-state index contributed by atoms with van der Waals surface area (Å²) < 4.78 is 47.6. The van der Waals surface area contributed by atoms with Gasteiger partial charge in [0.05, 0.1) is 0 Å². The lowest BCUT2D eigenvalue weighted by molar-refractivity contribution is 0.199. The first kappa shape index (κ1) is 22.8. The van der Waals surface area contributed by atoms with Crippen molar-refractivity contribution in [2.24, 2.45) is 0 Å². The predicted molar refractivity (Wildman–Crippen MR) is 126 cm³/mol. The molecule has 4 rings (SSSR count). The molecule has 3 aromatic rings. The molecule has 5 heteroatoms. The third kappa shape index (κ3) is 5.16. The molecule has 1 aliphatic heterocycles. The van der Waals surface area contributed by atoms with Gasteiger partial charge in [-0.2, -0.15) is 0 Å². The van der Waals surface area contributed by atoms with E-state index < -0.39 is 11.6 Å². The Morgan fingerprint density at radius 3 is 2.25 bits per heavy atom. The third-order valence-corrected chi connectivity index (χ3v) is 9.54. The van der Waals surface area contributed by atoms with Gasteiger partial charge in [0.15, 0.2) is 11.6 Å². The number of ether oxygens (including phenoxy) is 1. The van der Waals surface area contributed by atoms with E-state index in [-0.39, 0.29) is 14.6 Å². The van der Waals surface area contributed by atoms with Crippen molar-refractivity contribution >= 4 is 8.80 Å². The normalized spacial score (nSPS) is 15.2. The van der Waals surface area contributed by atoms with Gasteiger partial charge in [0.1, 0.15) is 5.82 Å². The number of halogens is 3. The first-order valence-electron chi connectivity index (χ1n) is 11.2. The highest BCUT2D eigenvalue weighted by Gasteiger charge is 2.24. The smallest absolute Gasteiger partial charge is 0.159 e. The van der Waals surface area contributed by atoms with Crippen LogP contribution in [-0.2, 0) is 4.74 Å². The van der Waals surface area contributed by atoms with Crippen molar-refractivity contribution in [2.45, 2.75) is 43.3 Å². The lowest BCUT2D eigenvalue weighted by Gasteiger charge is -2.28. The molecule has 0 unspecified atom stereocenters. The number of rotatable bonds is 7. The summed E-state index contributed by atoms with van der Waals surface area (Å²) in [7, 11) is 1.46. The van der Waals surface area contributed by atoms with Crippen molar-refractivity contribution in [2.75, 3.05) is 13.7 Å². The van der Waals surface area contributed by atoms with Gasteiger partial charge in [-0.05, 0) is 65.6 Å². The van der Waals surface area contributed by atoms with Gasteiger partial charge in [0.2, 0.25) is 0 Å². The van der Waals surface area contributed by atoms with E-state index in [1.807, 2.05) is 36.4 Å². The number of hydrogen-bond donors (Lipinski definition) is 0. The van der Waals surface area contributed by atoms with E-state index in [0.717, 1.165) is 43.6 Å². The van der Waals surface area contributed by atoms with Crippen LogP contribution in [0.1, 0.15) is 30.7 Å². The first-order valence-corrected chi connectivity index (χ1v) is 13.4. The van der Waals surface area contributed by atoms with Crippen molar-refractivity contribution in [3.8, 4) is 22.3 Å². The molecule has 1 saturated heterocycles. The molecule has 0 N–H and O–H groups in total. The summed E-state index contributed by atoms with van der Waals surface area (Å²) >= 11 is 0. The van der Waals surface area contributed by atoms with Crippen LogP contribution in [0.25, 0.3) is 22.3 Å². The highest BCUT2D eigenvalue weighted by atomic mass is 28.3. The average Bonchev–Trinajstić information content (AvgIpc) is 2.81. The Morgan fingerprint density at radius 2 is 1.56 bits per heavy atom. The Morgan fingerprint density at radius 1 is 0.812 bits per heavy atom. The molecule has 0 spiro atoms. The largest absolute Gasteiger partial charge is 0.385 e. The highest BCUT2D eigenvalue weighted by Crippen LogP contribution is 2.38. The van der Waals surface area contributed by atoms with Crippen LogP contribution >= 0.6 is 0 Å². The lowest BCUT2D eigenvalue weighted by Crippen LogP contribution is -2.20. The minimum absolute atomic E-state index is 0.270. The summed E-state index contributed by atoms with van der Waals surface area (Å²) in [5.41, 5.74) is 3.43. The van der Waals surface area contributed by atoms with Crippen LogP contribution in [0.5, 0.6) is 0 Å². The maximum atomic E-state index is 15.3. The number of hydrogen-bond acceptors (Lipinski definition) is 1. The van der Waals surface area contributed by atoms with Crippen molar-refractivity contribution in [1.29, 1.82) is 0 Å². The van der Waals surface area contributed by atoms with E-state index in [1.54, 1.807) is 13.2 Å². The first-order chi connectivity index (χ1) is 15.6. The van der Waals surface area contributed by atoms with E-state index >= 15 is 4.39 Å². The molecule has 0 aliphatic carbocycles.